The van der Waals surface area contributed by atoms with Crippen LogP contribution in [0.15, 0.2) is 36.4 Å². The number of allylic oxidation sites excluding steroid dienone is 2. The first-order valence-electron chi connectivity index (χ1n) is 11.2. The number of hydrazine groups is 1. The summed E-state index contributed by atoms with van der Waals surface area (Å²) in [4.78, 5) is 11.8. The first kappa shape index (κ1) is 24.6. The van der Waals surface area contributed by atoms with Gasteiger partial charge in [-0.2, -0.15) is 0 Å². The van der Waals surface area contributed by atoms with Crippen LogP contribution in [-0.2, 0) is 4.79 Å². The number of unbranched alkanes of at least 4 members (excludes halogenated alkanes) is 11. The van der Waals surface area contributed by atoms with Crippen molar-refractivity contribution in [3.63, 3.8) is 0 Å². The Morgan fingerprint density at radius 1 is 0.857 bits per heavy atom. The second-order valence-corrected chi connectivity index (χ2v) is 7.89. The average molecular weight is 407 g/mol. The molecule has 1 aromatic rings. The van der Waals surface area contributed by atoms with E-state index in [1.165, 1.54) is 70.6 Å². The lowest BCUT2D eigenvalue weighted by molar-refractivity contribution is -0.120. The van der Waals surface area contributed by atoms with E-state index < -0.39 is 0 Å². The SMILES string of the molecule is CCCCCCCCC=CCCCCCCCC(=O)NNc1ccccc1Cl. The molecule has 1 aromatic carbocycles. The summed E-state index contributed by atoms with van der Waals surface area (Å²) in [5.41, 5.74) is 6.31. The summed E-state index contributed by atoms with van der Waals surface area (Å²) in [5, 5.41) is 0.601. The van der Waals surface area contributed by atoms with Gasteiger partial charge in [-0.25, -0.2) is 0 Å². The quantitative estimate of drug-likeness (QED) is 0.157. The van der Waals surface area contributed by atoms with Crippen molar-refractivity contribution in [2.45, 2.75) is 96.8 Å². The number of para-hydroxylation sites is 1. The summed E-state index contributed by atoms with van der Waals surface area (Å²) in [6, 6.07) is 7.37. The third-order valence-corrected chi connectivity index (χ3v) is 5.21. The van der Waals surface area contributed by atoms with Crippen LogP contribution in [-0.4, -0.2) is 5.91 Å². The number of hydrogen-bond donors (Lipinski definition) is 2. The summed E-state index contributed by atoms with van der Waals surface area (Å²) in [5.74, 6) is 0.0116. The zero-order valence-electron chi connectivity index (χ0n) is 17.6. The first-order valence-corrected chi connectivity index (χ1v) is 11.6. The number of amides is 1. The summed E-state index contributed by atoms with van der Waals surface area (Å²) in [6.07, 6.45) is 21.7. The molecule has 3 nitrogen and oxygen atoms in total. The van der Waals surface area contributed by atoms with Crippen molar-refractivity contribution in [1.82, 2.24) is 5.43 Å². The van der Waals surface area contributed by atoms with Gasteiger partial charge in [-0.3, -0.25) is 15.6 Å². The minimum atomic E-state index is 0.0116. The van der Waals surface area contributed by atoms with Gasteiger partial charge >= 0.3 is 0 Å². The maximum absolute atomic E-state index is 11.8. The molecule has 0 heterocycles. The van der Waals surface area contributed by atoms with Crippen molar-refractivity contribution in [1.29, 1.82) is 0 Å². The lowest BCUT2D eigenvalue weighted by Crippen LogP contribution is -2.29. The lowest BCUT2D eigenvalue weighted by Gasteiger charge is -2.09. The number of benzene rings is 1. The molecule has 28 heavy (non-hydrogen) atoms. The maximum atomic E-state index is 11.8. The predicted octanol–water partition coefficient (Wildman–Crippen LogP) is 7.82. The van der Waals surface area contributed by atoms with Crippen LogP contribution in [0, 0.1) is 0 Å². The summed E-state index contributed by atoms with van der Waals surface area (Å²) in [7, 11) is 0. The van der Waals surface area contributed by atoms with Crippen molar-refractivity contribution in [2.24, 2.45) is 0 Å². The number of hydrogen-bond acceptors (Lipinski definition) is 2. The van der Waals surface area contributed by atoms with Crippen molar-refractivity contribution in [2.75, 3.05) is 5.43 Å². The van der Waals surface area contributed by atoms with Crippen molar-refractivity contribution in [3.05, 3.63) is 41.4 Å². The molecule has 158 valence electrons. The molecule has 0 spiro atoms. The molecule has 4 heteroatoms. The van der Waals surface area contributed by atoms with E-state index in [4.69, 9.17) is 11.6 Å². The molecule has 0 radical (unpaired) electrons. The molecule has 0 aliphatic carbocycles. The first-order chi connectivity index (χ1) is 13.7. The molecule has 0 saturated heterocycles. The summed E-state index contributed by atoms with van der Waals surface area (Å²) < 4.78 is 0. The Labute approximate surface area is 177 Å². The van der Waals surface area contributed by atoms with Crippen LogP contribution in [0.3, 0.4) is 0 Å². The highest BCUT2D eigenvalue weighted by Crippen LogP contribution is 2.19. The number of nitrogens with one attached hydrogen (secondary N) is 2. The van der Waals surface area contributed by atoms with Crippen molar-refractivity contribution < 1.29 is 4.79 Å². The van der Waals surface area contributed by atoms with E-state index in [-0.39, 0.29) is 5.91 Å². The zero-order valence-corrected chi connectivity index (χ0v) is 18.4. The van der Waals surface area contributed by atoms with Gasteiger partial charge in [0.1, 0.15) is 0 Å². The number of carbonyl (C=O) groups excluding carboxylic acids is 1. The van der Waals surface area contributed by atoms with E-state index in [0.29, 0.717) is 11.4 Å². The van der Waals surface area contributed by atoms with Gasteiger partial charge in [0.05, 0.1) is 10.7 Å². The molecule has 1 rings (SSSR count). The van der Waals surface area contributed by atoms with Crippen LogP contribution >= 0.6 is 11.6 Å². The minimum absolute atomic E-state index is 0.0116. The number of anilines is 1. The molecule has 2 N–H and O–H groups in total. The van der Waals surface area contributed by atoms with E-state index in [2.05, 4.69) is 29.9 Å². The second-order valence-electron chi connectivity index (χ2n) is 7.49. The van der Waals surface area contributed by atoms with Gasteiger partial charge in [0, 0.05) is 6.42 Å². The van der Waals surface area contributed by atoms with Gasteiger partial charge in [-0.05, 0) is 44.2 Å². The Balaban J connectivity index is 1.86. The van der Waals surface area contributed by atoms with E-state index >= 15 is 0 Å². The van der Waals surface area contributed by atoms with Crippen molar-refractivity contribution >= 4 is 23.2 Å². The number of rotatable bonds is 17. The molecule has 1 amide bonds. The van der Waals surface area contributed by atoms with Gasteiger partial charge in [0.2, 0.25) is 5.91 Å². The number of halogens is 1. The molecular weight excluding hydrogens is 368 g/mol. The van der Waals surface area contributed by atoms with Crippen molar-refractivity contribution in [3.8, 4) is 0 Å². The molecule has 0 fully saturated rings. The van der Waals surface area contributed by atoms with E-state index in [0.717, 1.165) is 18.5 Å². The highest BCUT2D eigenvalue weighted by atomic mass is 35.5. The lowest BCUT2D eigenvalue weighted by atomic mass is 10.1. The summed E-state index contributed by atoms with van der Waals surface area (Å²) >= 11 is 6.03. The molecule has 0 aliphatic rings. The van der Waals surface area contributed by atoms with Crippen LogP contribution in [0.2, 0.25) is 5.02 Å². The fourth-order valence-corrected chi connectivity index (χ4v) is 3.30. The largest absolute Gasteiger partial charge is 0.297 e. The monoisotopic (exact) mass is 406 g/mol. The Kier molecular flexibility index (Phi) is 15.4. The predicted molar refractivity (Wildman–Crippen MR) is 123 cm³/mol. The third-order valence-electron chi connectivity index (χ3n) is 4.88. The Hall–Kier alpha value is -1.48. The van der Waals surface area contributed by atoms with Gasteiger partial charge < -0.3 is 0 Å². The van der Waals surface area contributed by atoms with Gasteiger partial charge in [-0.15, -0.1) is 0 Å². The highest BCUT2D eigenvalue weighted by Gasteiger charge is 2.02. The van der Waals surface area contributed by atoms with Crippen LogP contribution in [0.25, 0.3) is 0 Å². The molecule has 0 aromatic heterocycles. The fourth-order valence-electron chi connectivity index (χ4n) is 3.12. The van der Waals surface area contributed by atoms with Crippen LogP contribution in [0.5, 0.6) is 0 Å². The third kappa shape index (κ3) is 13.7. The van der Waals surface area contributed by atoms with E-state index in [1.54, 1.807) is 6.07 Å². The standard InChI is InChI=1S/C24H39ClN2O/c1-2-3-4-5-6-7-8-9-10-11-12-13-14-15-16-21-24(28)27-26-23-20-18-17-19-22(23)25/h9-10,17-20,26H,2-8,11-16,21H2,1H3,(H,27,28). The smallest absolute Gasteiger partial charge is 0.238 e. The Morgan fingerprint density at radius 3 is 2.07 bits per heavy atom. The second kappa shape index (κ2) is 17.6. The van der Waals surface area contributed by atoms with Gasteiger partial charge in [0.25, 0.3) is 0 Å². The van der Waals surface area contributed by atoms with Gasteiger partial charge in [0.15, 0.2) is 0 Å². The van der Waals surface area contributed by atoms with Crippen LogP contribution < -0.4 is 10.9 Å². The number of carbonyl (C=O) groups is 1. The molecular formula is C24H39ClN2O. The maximum Gasteiger partial charge on any atom is 0.238 e. The molecule has 0 bridgehead atoms. The van der Waals surface area contributed by atoms with E-state index in [1.807, 2.05) is 18.2 Å². The highest BCUT2D eigenvalue weighted by molar-refractivity contribution is 6.33. The van der Waals surface area contributed by atoms with Crippen LogP contribution in [0.4, 0.5) is 5.69 Å². The average Bonchev–Trinajstić information content (AvgIpc) is 2.70. The van der Waals surface area contributed by atoms with Gasteiger partial charge in [-0.1, -0.05) is 94.2 Å². The summed E-state index contributed by atoms with van der Waals surface area (Å²) in [6.45, 7) is 2.26. The zero-order chi connectivity index (χ0) is 20.3. The van der Waals surface area contributed by atoms with E-state index in [9.17, 15) is 4.79 Å². The Bertz CT molecular complexity index is 545. The molecule has 0 atom stereocenters. The molecule has 0 aliphatic heterocycles. The molecule has 0 unspecified atom stereocenters. The normalized spacial score (nSPS) is 11.1. The Morgan fingerprint density at radius 2 is 1.43 bits per heavy atom. The van der Waals surface area contributed by atoms with Crippen LogP contribution in [0.1, 0.15) is 96.8 Å². The topological polar surface area (TPSA) is 41.1 Å². The fraction of sp³-hybridized carbons (Fsp3) is 0.625. The molecule has 0 saturated carbocycles. The minimum Gasteiger partial charge on any atom is -0.297 e.